The van der Waals surface area contributed by atoms with Gasteiger partial charge in [-0.2, -0.15) is 0 Å². The van der Waals surface area contributed by atoms with Crippen LogP contribution in [0.25, 0.3) is 0 Å². The zero-order chi connectivity index (χ0) is 18.7. The van der Waals surface area contributed by atoms with Gasteiger partial charge in [0, 0.05) is 26.3 Å². The molecule has 1 N–H and O–H groups in total. The van der Waals surface area contributed by atoms with Crippen LogP contribution in [0, 0.1) is 6.92 Å². The first-order valence-corrected chi connectivity index (χ1v) is 8.34. The van der Waals surface area contributed by atoms with Crippen molar-refractivity contribution in [1.82, 2.24) is 9.88 Å². The molecule has 7 nitrogen and oxygen atoms in total. The quantitative estimate of drug-likeness (QED) is 0.887. The second-order valence-electron chi connectivity index (χ2n) is 6.37. The normalized spacial score (nSPS) is 13.8. The van der Waals surface area contributed by atoms with Gasteiger partial charge in [0.25, 0.3) is 0 Å². The summed E-state index contributed by atoms with van der Waals surface area (Å²) in [6, 6.07) is 11.1. The molecule has 1 saturated heterocycles. The average molecular weight is 355 g/mol. The van der Waals surface area contributed by atoms with Gasteiger partial charge in [-0.25, -0.2) is 14.6 Å². The van der Waals surface area contributed by atoms with E-state index in [4.69, 9.17) is 4.74 Å². The Morgan fingerprint density at radius 1 is 1.31 bits per heavy atom. The number of rotatable bonds is 5. The molecule has 2 heterocycles. The number of anilines is 1. The number of pyridine rings is 1. The van der Waals surface area contributed by atoms with Crippen LogP contribution in [0.5, 0.6) is 0 Å². The fourth-order valence-electron chi connectivity index (χ4n) is 2.77. The molecule has 1 aromatic carbocycles. The first-order valence-electron chi connectivity index (χ1n) is 8.34. The molecule has 0 bridgehead atoms. The SMILES string of the molecule is Cc1cnc(N2CC(N(C)C(=O)OCc3ccccc3)C2)cc1C(=O)O. The maximum absolute atomic E-state index is 12.2. The molecule has 0 aliphatic carbocycles. The molecule has 136 valence electrons. The second kappa shape index (κ2) is 7.43. The zero-order valence-electron chi connectivity index (χ0n) is 14.8. The third-order valence-electron chi connectivity index (χ3n) is 4.55. The van der Waals surface area contributed by atoms with E-state index in [1.165, 1.54) is 0 Å². The van der Waals surface area contributed by atoms with Crippen LogP contribution in [-0.2, 0) is 11.3 Å². The van der Waals surface area contributed by atoms with Crippen LogP contribution in [0.3, 0.4) is 0 Å². The molecule has 0 atom stereocenters. The predicted molar refractivity (Wildman–Crippen MR) is 96.3 cm³/mol. The van der Waals surface area contributed by atoms with Crippen LogP contribution in [0.2, 0.25) is 0 Å². The number of amides is 1. The molecule has 2 aromatic rings. The second-order valence-corrected chi connectivity index (χ2v) is 6.37. The minimum absolute atomic E-state index is 0.00894. The number of aryl methyl sites for hydroxylation is 1. The van der Waals surface area contributed by atoms with Crippen molar-refractivity contribution in [2.75, 3.05) is 25.0 Å². The summed E-state index contributed by atoms with van der Waals surface area (Å²) in [7, 11) is 1.71. The summed E-state index contributed by atoms with van der Waals surface area (Å²) in [5.41, 5.74) is 1.81. The van der Waals surface area contributed by atoms with E-state index in [1.54, 1.807) is 31.1 Å². The van der Waals surface area contributed by atoms with Gasteiger partial charge in [-0.3, -0.25) is 0 Å². The van der Waals surface area contributed by atoms with E-state index in [2.05, 4.69) is 4.98 Å². The van der Waals surface area contributed by atoms with E-state index in [9.17, 15) is 14.7 Å². The topological polar surface area (TPSA) is 83.0 Å². The lowest BCUT2D eigenvalue weighted by molar-refractivity contribution is 0.0696. The summed E-state index contributed by atoms with van der Waals surface area (Å²) >= 11 is 0. The van der Waals surface area contributed by atoms with Crippen LogP contribution in [0.4, 0.5) is 10.6 Å². The Labute approximate surface area is 151 Å². The van der Waals surface area contributed by atoms with E-state index in [0.717, 1.165) is 5.56 Å². The van der Waals surface area contributed by atoms with E-state index in [-0.39, 0.29) is 24.3 Å². The van der Waals surface area contributed by atoms with Gasteiger partial charge in [0.05, 0.1) is 11.6 Å². The summed E-state index contributed by atoms with van der Waals surface area (Å²) in [5.74, 6) is -0.361. The van der Waals surface area contributed by atoms with Crippen LogP contribution in [0.1, 0.15) is 21.5 Å². The highest BCUT2D eigenvalue weighted by atomic mass is 16.6. The predicted octanol–water partition coefficient (Wildman–Crippen LogP) is 2.55. The number of nitrogens with zero attached hydrogens (tertiary/aromatic N) is 3. The summed E-state index contributed by atoms with van der Waals surface area (Å²) in [6.07, 6.45) is 1.19. The van der Waals surface area contributed by atoms with Crippen molar-refractivity contribution >= 4 is 17.9 Å². The standard InChI is InChI=1S/C19H21N3O4/c1-13-9-20-17(8-16(13)18(23)24)22-10-15(11-22)21(2)19(25)26-12-14-6-4-3-5-7-14/h3-9,15H,10-12H2,1-2H3,(H,23,24). The van der Waals surface area contributed by atoms with Gasteiger partial charge in [0.1, 0.15) is 12.4 Å². The number of carboxylic acid groups (broad SMARTS) is 1. The maximum Gasteiger partial charge on any atom is 0.410 e. The van der Waals surface area contributed by atoms with Crippen molar-refractivity contribution in [2.45, 2.75) is 19.6 Å². The van der Waals surface area contributed by atoms with Crippen molar-refractivity contribution in [3.63, 3.8) is 0 Å². The maximum atomic E-state index is 12.2. The molecule has 1 aliphatic heterocycles. The number of aromatic carboxylic acids is 1. The molecule has 7 heteroatoms. The molecule has 0 spiro atoms. The Hall–Kier alpha value is -3.09. The number of hydrogen-bond acceptors (Lipinski definition) is 5. The highest BCUT2D eigenvalue weighted by Gasteiger charge is 2.34. The lowest BCUT2D eigenvalue weighted by atomic mass is 10.1. The molecule has 0 unspecified atom stereocenters. The van der Waals surface area contributed by atoms with Crippen molar-refractivity contribution in [3.8, 4) is 0 Å². The van der Waals surface area contributed by atoms with Crippen LogP contribution >= 0.6 is 0 Å². The lowest BCUT2D eigenvalue weighted by Crippen LogP contribution is -2.60. The number of benzene rings is 1. The Kier molecular flexibility index (Phi) is 5.06. The minimum atomic E-state index is -0.968. The molecule has 1 aliphatic rings. The van der Waals surface area contributed by atoms with Gasteiger partial charge in [0.15, 0.2) is 0 Å². The van der Waals surface area contributed by atoms with Gasteiger partial charge in [-0.1, -0.05) is 30.3 Å². The van der Waals surface area contributed by atoms with E-state index in [0.29, 0.717) is 24.5 Å². The van der Waals surface area contributed by atoms with Gasteiger partial charge >= 0.3 is 12.1 Å². The highest BCUT2D eigenvalue weighted by Crippen LogP contribution is 2.23. The third-order valence-corrected chi connectivity index (χ3v) is 4.55. The molecule has 1 aromatic heterocycles. The number of likely N-dealkylation sites (N-methyl/N-ethyl adjacent to an activating group) is 1. The number of ether oxygens (including phenoxy) is 1. The van der Waals surface area contributed by atoms with Crippen molar-refractivity contribution in [3.05, 3.63) is 59.3 Å². The fraction of sp³-hybridized carbons (Fsp3) is 0.316. The minimum Gasteiger partial charge on any atom is -0.478 e. The van der Waals surface area contributed by atoms with Crippen LogP contribution in [0.15, 0.2) is 42.6 Å². The van der Waals surface area contributed by atoms with Crippen molar-refractivity contribution in [1.29, 1.82) is 0 Å². The highest BCUT2D eigenvalue weighted by molar-refractivity contribution is 5.90. The molecular formula is C19H21N3O4. The van der Waals surface area contributed by atoms with E-state index in [1.807, 2.05) is 35.2 Å². The first-order chi connectivity index (χ1) is 12.5. The molecule has 3 rings (SSSR count). The number of hydrogen-bond donors (Lipinski definition) is 1. The van der Waals surface area contributed by atoms with Gasteiger partial charge in [-0.15, -0.1) is 0 Å². The van der Waals surface area contributed by atoms with E-state index < -0.39 is 5.97 Å². The van der Waals surface area contributed by atoms with Crippen LogP contribution in [-0.4, -0.2) is 53.2 Å². The zero-order valence-corrected chi connectivity index (χ0v) is 14.8. The molecule has 1 fully saturated rings. The smallest absolute Gasteiger partial charge is 0.410 e. The Balaban J connectivity index is 1.53. The average Bonchev–Trinajstić information content (AvgIpc) is 2.60. The Bertz CT molecular complexity index is 804. The summed E-state index contributed by atoms with van der Waals surface area (Å²) in [5, 5.41) is 9.21. The van der Waals surface area contributed by atoms with Gasteiger partial charge in [-0.05, 0) is 24.1 Å². The summed E-state index contributed by atoms with van der Waals surface area (Å²) < 4.78 is 5.33. The van der Waals surface area contributed by atoms with Crippen molar-refractivity contribution in [2.24, 2.45) is 0 Å². The fourth-order valence-corrected chi connectivity index (χ4v) is 2.77. The molecule has 0 radical (unpaired) electrons. The van der Waals surface area contributed by atoms with Gasteiger partial charge in [0.2, 0.25) is 0 Å². The van der Waals surface area contributed by atoms with Crippen molar-refractivity contribution < 1.29 is 19.4 Å². The number of carboxylic acids is 1. The number of aromatic nitrogens is 1. The third kappa shape index (κ3) is 3.77. The monoisotopic (exact) mass is 355 g/mol. The number of carbonyl (C=O) groups is 2. The molecule has 1 amide bonds. The Morgan fingerprint density at radius 3 is 2.65 bits per heavy atom. The first kappa shape index (κ1) is 17.7. The molecule has 0 saturated carbocycles. The van der Waals surface area contributed by atoms with Gasteiger partial charge < -0.3 is 19.6 Å². The Morgan fingerprint density at radius 2 is 2.00 bits per heavy atom. The van der Waals surface area contributed by atoms with E-state index >= 15 is 0 Å². The molecular weight excluding hydrogens is 334 g/mol. The number of carbonyl (C=O) groups excluding carboxylic acids is 1. The van der Waals surface area contributed by atoms with Crippen LogP contribution < -0.4 is 4.90 Å². The summed E-state index contributed by atoms with van der Waals surface area (Å²) in [6.45, 7) is 3.13. The lowest BCUT2D eigenvalue weighted by Gasteiger charge is -2.44. The summed E-state index contributed by atoms with van der Waals surface area (Å²) in [4.78, 5) is 31.2. The largest absolute Gasteiger partial charge is 0.478 e. The molecule has 26 heavy (non-hydrogen) atoms.